The van der Waals surface area contributed by atoms with Gasteiger partial charge in [0.25, 0.3) is 0 Å². The number of carbonyl (C=O) groups is 1. The SMILES string of the molecule is CC(C)C(=O)N1CC[C@@H](NS(C)(=O)=O)[C@H]1Cc1cc(F)cc(-c2ccccc2)c1. The standard InChI is InChI=1S/C22H27FN2O3S/c1-15(2)22(26)25-10-9-20(24-29(3,27)28)21(25)13-16-11-18(14-19(23)12-16)17-7-5-4-6-8-17/h4-8,11-12,14-15,20-21,24H,9-10,13H2,1-3H3/t20-,21-/m1/s1. The molecule has 1 fully saturated rings. The van der Waals surface area contributed by atoms with Gasteiger partial charge in [0.15, 0.2) is 0 Å². The molecule has 1 aliphatic heterocycles. The lowest BCUT2D eigenvalue weighted by Crippen LogP contribution is -2.48. The van der Waals surface area contributed by atoms with Gasteiger partial charge in [0.1, 0.15) is 5.82 Å². The number of amides is 1. The number of likely N-dealkylation sites (tertiary alicyclic amines) is 1. The molecule has 7 heteroatoms. The predicted octanol–water partition coefficient (Wildman–Crippen LogP) is 3.21. The van der Waals surface area contributed by atoms with Crippen molar-refractivity contribution >= 4 is 15.9 Å². The highest BCUT2D eigenvalue weighted by Crippen LogP contribution is 2.27. The van der Waals surface area contributed by atoms with Crippen LogP contribution in [-0.4, -0.2) is 44.1 Å². The molecule has 1 N–H and O–H groups in total. The fourth-order valence-electron chi connectivity index (χ4n) is 3.93. The molecule has 0 bridgehead atoms. The van der Waals surface area contributed by atoms with Crippen LogP contribution in [0.15, 0.2) is 48.5 Å². The van der Waals surface area contributed by atoms with Crippen molar-refractivity contribution in [1.82, 2.24) is 9.62 Å². The highest BCUT2D eigenvalue weighted by molar-refractivity contribution is 7.88. The van der Waals surface area contributed by atoms with Crippen LogP contribution in [0.1, 0.15) is 25.8 Å². The summed E-state index contributed by atoms with van der Waals surface area (Å²) in [4.78, 5) is 14.4. The Labute approximate surface area is 172 Å². The number of hydrogen-bond acceptors (Lipinski definition) is 3. The zero-order valence-electron chi connectivity index (χ0n) is 16.9. The second-order valence-electron chi connectivity index (χ2n) is 7.96. The van der Waals surface area contributed by atoms with Crippen LogP contribution < -0.4 is 4.72 Å². The average Bonchev–Trinajstić information content (AvgIpc) is 3.01. The molecule has 2 atom stereocenters. The van der Waals surface area contributed by atoms with E-state index in [0.29, 0.717) is 19.4 Å². The number of hydrogen-bond donors (Lipinski definition) is 1. The molecule has 29 heavy (non-hydrogen) atoms. The first kappa shape index (κ1) is 21.5. The molecule has 0 aromatic heterocycles. The van der Waals surface area contributed by atoms with Crippen molar-refractivity contribution in [2.24, 2.45) is 5.92 Å². The second kappa shape index (κ2) is 8.63. The molecule has 3 rings (SSSR count). The van der Waals surface area contributed by atoms with Crippen molar-refractivity contribution in [3.63, 3.8) is 0 Å². The van der Waals surface area contributed by atoms with Gasteiger partial charge in [-0.05, 0) is 41.7 Å². The van der Waals surface area contributed by atoms with Crippen molar-refractivity contribution in [3.05, 3.63) is 59.9 Å². The number of halogens is 1. The van der Waals surface area contributed by atoms with Crippen LogP contribution in [0.3, 0.4) is 0 Å². The van der Waals surface area contributed by atoms with Gasteiger partial charge in [0.2, 0.25) is 15.9 Å². The summed E-state index contributed by atoms with van der Waals surface area (Å²) < 4.78 is 40.6. The molecule has 0 aliphatic carbocycles. The maximum absolute atomic E-state index is 14.3. The Morgan fingerprint density at radius 2 is 1.86 bits per heavy atom. The number of nitrogens with zero attached hydrogens (tertiary/aromatic N) is 1. The lowest BCUT2D eigenvalue weighted by atomic mass is 9.96. The number of benzene rings is 2. The van der Waals surface area contributed by atoms with Gasteiger partial charge in [-0.1, -0.05) is 50.2 Å². The van der Waals surface area contributed by atoms with Gasteiger partial charge >= 0.3 is 0 Å². The van der Waals surface area contributed by atoms with Gasteiger partial charge in [0, 0.05) is 18.5 Å². The van der Waals surface area contributed by atoms with Gasteiger partial charge in [-0.25, -0.2) is 17.5 Å². The fourth-order valence-corrected chi connectivity index (χ4v) is 4.76. The van der Waals surface area contributed by atoms with Gasteiger partial charge in [-0.3, -0.25) is 4.79 Å². The summed E-state index contributed by atoms with van der Waals surface area (Å²) in [5.74, 6) is -0.567. The minimum Gasteiger partial charge on any atom is -0.337 e. The summed E-state index contributed by atoms with van der Waals surface area (Å²) in [6, 6.07) is 13.6. The summed E-state index contributed by atoms with van der Waals surface area (Å²) in [7, 11) is -3.42. The Bertz CT molecular complexity index is 977. The van der Waals surface area contributed by atoms with Gasteiger partial charge in [0.05, 0.1) is 12.3 Å². The molecule has 1 saturated heterocycles. The number of sulfonamides is 1. The zero-order chi connectivity index (χ0) is 21.2. The molecule has 5 nitrogen and oxygen atoms in total. The first-order chi connectivity index (χ1) is 13.6. The summed E-state index contributed by atoms with van der Waals surface area (Å²) >= 11 is 0. The topological polar surface area (TPSA) is 66.5 Å². The summed E-state index contributed by atoms with van der Waals surface area (Å²) in [6.07, 6.45) is 2.03. The molecule has 156 valence electrons. The Kier molecular flexibility index (Phi) is 6.39. The quantitative estimate of drug-likeness (QED) is 0.783. The molecular weight excluding hydrogens is 391 g/mol. The van der Waals surface area contributed by atoms with E-state index in [1.54, 1.807) is 4.90 Å². The highest BCUT2D eigenvalue weighted by Gasteiger charge is 2.39. The predicted molar refractivity (Wildman–Crippen MR) is 112 cm³/mol. The van der Waals surface area contributed by atoms with Crippen LogP contribution in [0.4, 0.5) is 4.39 Å². The van der Waals surface area contributed by atoms with Crippen LogP contribution in [0, 0.1) is 11.7 Å². The van der Waals surface area contributed by atoms with E-state index in [4.69, 9.17) is 0 Å². The molecular formula is C22H27FN2O3S. The van der Waals surface area contributed by atoms with Crippen molar-refractivity contribution in [2.45, 2.75) is 38.8 Å². The monoisotopic (exact) mass is 418 g/mol. The van der Waals surface area contributed by atoms with Crippen LogP contribution in [0.2, 0.25) is 0 Å². The van der Waals surface area contributed by atoms with Crippen LogP contribution in [-0.2, 0) is 21.2 Å². The Morgan fingerprint density at radius 3 is 2.48 bits per heavy atom. The average molecular weight is 419 g/mol. The van der Waals surface area contributed by atoms with Crippen molar-refractivity contribution in [1.29, 1.82) is 0 Å². The molecule has 2 aromatic rings. The van der Waals surface area contributed by atoms with Crippen LogP contribution in [0.5, 0.6) is 0 Å². The third kappa shape index (κ3) is 5.42. The first-order valence-electron chi connectivity index (χ1n) is 9.77. The second-order valence-corrected chi connectivity index (χ2v) is 9.74. The summed E-state index contributed by atoms with van der Waals surface area (Å²) in [6.45, 7) is 4.13. The first-order valence-corrected chi connectivity index (χ1v) is 11.7. The molecule has 1 heterocycles. The van der Waals surface area contributed by atoms with E-state index in [1.807, 2.05) is 50.2 Å². The molecule has 1 aliphatic rings. The van der Waals surface area contributed by atoms with E-state index < -0.39 is 16.1 Å². The van der Waals surface area contributed by atoms with Crippen molar-refractivity contribution in [2.75, 3.05) is 12.8 Å². The van der Waals surface area contributed by atoms with Gasteiger partial charge in [-0.2, -0.15) is 0 Å². The van der Waals surface area contributed by atoms with E-state index in [0.717, 1.165) is 22.9 Å². The number of carbonyl (C=O) groups excluding carboxylic acids is 1. The molecule has 0 unspecified atom stereocenters. The van der Waals surface area contributed by atoms with Gasteiger partial charge in [-0.15, -0.1) is 0 Å². The maximum Gasteiger partial charge on any atom is 0.225 e. The third-order valence-corrected chi connectivity index (χ3v) is 5.93. The number of rotatable bonds is 6. The molecule has 0 saturated carbocycles. The van der Waals surface area contributed by atoms with E-state index in [1.165, 1.54) is 12.1 Å². The van der Waals surface area contributed by atoms with Gasteiger partial charge < -0.3 is 4.90 Å². The third-order valence-electron chi connectivity index (χ3n) is 5.20. The van der Waals surface area contributed by atoms with E-state index in [-0.39, 0.29) is 23.7 Å². The highest BCUT2D eigenvalue weighted by atomic mass is 32.2. The van der Waals surface area contributed by atoms with E-state index in [9.17, 15) is 17.6 Å². The molecule has 1 amide bonds. The maximum atomic E-state index is 14.3. The molecule has 0 radical (unpaired) electrons. The normalized spacial score (nSPS) is 19.7. The minimum absolute atomic E-state index is 0.0208. The number of nitrogens with one attached hydrogen (secondary N) is 1. The van der Waals surface area contributed by atoms with E-state index >= 15 is 0 Å². The Hall–Kier alpha value is -2.25. The summed E-state index contributed by atoms with van der Waals surface area (Å²) in [5, 5.41) is 0. The van der Waals surface area contributed by atoms with Crippen LogP contribution >= 0.6 is 0 Å². The summed E-state index contributed by atoms with van der Waals surface area (Å²) in [5.41, 5.74) is 2.39. The fraction of sp³-hybridized carbons (Fsp3) is 0.409. The Balaban J connectivity index is 1.93. The Morgan fingerprint density at radius 1 is 1.17 bits per heavy atom. The molecule has 2 aromatic carbocycles. The molecule has 0 spiro atoms. The zero-order valence-corrected chi connectivity index (χ0v) is 17.7. The van der Waals surface area contributed by atoms with Crippen LogP contribution in [0.25, 0.3) is 11.1 Å². The lowest BCUT2D eigenvalue weighted by molar-refractivity contribution is -0.135. The largest absolute Gasteiger partial charge is 0.337 e. The minimum atomic E-state index is -3.42. The smallest absolute Gasteiger partial charge is 0.225 e. The lowest BCUT2D eigenvalue weighted by Gasteiger charge is -2.30. The van der Waals surface area contributed by atoms with E-state index in [2.05, 4.69) is 4.72 Å². The van der Waals surface area contributed by atoms with Crippen molar-refractivity contribution < 1.29 is 17.6 Å². The van der Waals surface area contributed by atoms with Crippen molar-refractivity contribution in [3.8, 4) is 11.1 Å².